The Morgan fingerprint density at radius 3 is 0.727 bits per heavy atom. The molecule has 0 rings (SSSR count). The van der Waals surface area contributed by atoms with Crippen LogP contribution in [-0.2, 0) is 21.1 Å². The fraction of sp³-hybridized carbons (Fsp3) is 0. The molecule has 11 heavy (non-hydrogen) atoms. The molecule has 0 aliphatic carbocycles. The third kappa shape index (κ3) is 1110. The molecule has 0 radical (unpaired) electrons. The van der Waals surface area contributed by atoms with E-state index in [1.165, 1.54) is 10.7 Å². The van der Waals surface area contributed by atoms with Gasteiger partial charge in [-0.05, 0) is 0 Å². The Bertz CT molecular complexity index is 35.6. The molecule has 0 fully saturated rings. The average Bonchev–Trinajstić information content (AvgIpc) is 1.39. The molecule has 0 atom stereocenters. The van der Waals surface area contributed by atoms with Crippen LogP contribution in [0.1, 0.15) is 0 Å². The first-order valence-electron chi connectivity index (χ1n) is 0.765. The second-order valence-electron chi connectivity index (χ2n) is 0.163. The fourth-order valence-corrected chi connectivity index (χ4v) is 0. The van der Waals surface area contributed by atoms with E-state index < -0.39 is 0 Å². The Hall–Kier alpha value is -0.672. The molecule has 11 heteroatoms. The molecule has 0 spiro atoms. The molecule has 78 valence electrons. The Morgan fingerprint density at radius 2 is 0.727 bits per heavy atom. The van der Waals surface area contributed by atoms with Crippen LogP contribution in [0.3, 0.4) is 0 Å². The van der Waals surface area contributed by atoms with Crippen LogP contribution in [0.2, 0.25) is 0 Å². The molecule has 0 saturated heterocycles. The summed E-state index contributed by atoms with van der Waals surface area (Å²) in [6.45, 7) is 0. The van der Waals surface area contributed by atoms with Crippen LogP contribution in [0, 0.1) is 9.81 Å². The first-order valence-corrected chi connectivity index (χ1v) is 0.765. The van der Waals surface area contributed by atoms with Crippen LogP contribution in [0.5, 0.6) is 0 Å². The van der Waals surface area contributed by atoms with Gasteiger partial charge in [0, 0.05) is 21.1 Å². The molecule has 0 aliphatic heterocycles. The SMILES string of the molecule is N.N.N.N.O=NO.O=NO.[Pt]. The van der Waals surface area contributed by atoms with Gasteiger partial charge in [-0.3, -0.25) is 0 Å². The molecular formula is H14N6O4Pt. The van der Waals surface area contributed by atoms with Gasteiger partial charge in [0.2, 0.25) is 0 Å². The Labute approximate surface area is 77.2 Å². The van der Waals surface area contributed by atoms with E-state index in [1.807, 2.05) is 0 Å². The maximum absolute atomic E-state index is 8.11. The summed E-state index contributed by atoms with van der Waals surface area (Å²) in [5.74, 6) is 0. The monoisotopic (exact) mass is 357 g/mol. The third-order valence-electron chi connectivity index (χ3n) is 0. The molecule has 0 saturated carbocycles. The van der Waals surface area contributed by atoms with Crippen molar-refractivity contribution in [1.29, 1.82) is 0 Å². The molecule has 0 unspecified atom stereocenters. The molecule has 0 aromatic heterocycles. The van der Waals surface area contributed by atoms with Gasteiger partial charge in [0.05, 0.1) is 0 Å². The molecule has 0 aromatic rings. The summed E-state index contributed by atoms with van der Waals surface area (Å²) in [5, 5.41) is 15.8. The minimum absolute atomic E-state index is 0. The summed E-state index contributed by atoms with van der Waals surface area (Å²) < 4.78 is 0. The Balaban J connectivity index is -0.00000000400. The van der Waals surface area contributed by atoms with Gasteiger partial charge in [0.1, 0.15) is 0 Å². The molecule has 10 nitrogen and oxygen atoms in total. The molecule has 0 aliphatic rings. The van der Waals surface area contributed by atoms with Crippen molar-refractivity contribution in [3.8, 4) is 0 Å². The van der Waals surface area contributed by atoms with Crippen LogP contribution >= 0.6 is 0 Å². The Kier molecular flexibility index (Phi) is 2700. The van der Waals surface area contributed by atoms with Crippen molar-refractivity contribution < 1.29 is 31.5 Å². The third-order valence-corrected chi connectivity index (χ3v) is 0. The van der Waals surface area contributed by atoms with Crippen LogP contribution in [0.15, 0.2) is 10.7 Å². The number of hydrogen-bond acceptors (Lipinski definition) is 8. The minimum atomic E-state index is 0. The van der Waals surface area contributed by atoms with Gasteiger partial charge in [-0.2, -0.15) is 0 Å². The molecule has 14 N–H and O–H groups in total. The maximum Gasteiger partial charge on any atom is 0.152 e. The van der Waals surface area contributed by atoms with Gasteiger partial charge in [0.15, 0.2) is 10.7 Å². The van der Waals surface area contributed by atoms with Crippen molar-refractivity contribution in [2.24, 2.45) is 10.7 Å². The van der Waals surface area contributed by atoms with Gasteiger partial charge in [-0.15, -0.1) is 9.81 Å². The van der Waals surface area contributed by atoms with E-state index in [2.05, 4.69) is 0 Å². The molecule has 0 bridgehead atoms. The summed E-state index contributed by atoms with van der Waals surface area (Å²) in [4.78, 5) is 16.2. The van der Waals surface area contributed by atoms with E-state index in [-0.39, 0.29) is 45.7 Å². The van der Waals surface area contributed by atoms with Crippen molar-refractivity contribution in [3.63, 3.8) is 0 Å². The van der Waals surface area contributed by atoms with Crippen molar-refractivity contribution >= 4 is 0 Å². The standard InChI is InChI=1S/2HNO2.4H3N.Pt/c2*2-1-3;;;;;/h2*(H,2,3);4*1H3;. The number of hydrogen-bond donors (Lipinski definition) is 6. The van der Waals surface area contributed by atoms with Gasteiger partial charge >= 0.3 is 0 Å². The largest absolute Gasteiger partial charge is 0.379 e. The van der Waals surface area contributed by atoms with E-state index in [0.29, 0.717) is 0 Å². The maximum atomic E-state index is 8.11. The molecule has 0 heterocycles. The van der Waals surface area contributed by atoms with Crippen molar-refractivity contribution in [1.82, 2.24) is 24.6 Å². The minimum Gasteiger partial charge on any atom is -0.379 e. The molecular weight excluding hydrogens is 343 g/mol. The zero-order chi connectivity index (χ0) is 5.41. The van der Waals surface area contributed by atoms with E-state index in [9.17, 15) is 0 Å². The summed E-state index contributed by atoms with van der Waals surface area (Å²) >= 11 is 0. The van der Waals surface area contributed by atoms with Gasteiger partial charge in [-0.25, -0.2) is 0 Å². The topological polar surface area (TPSA) is 239 Å². The summed E-state index contributed by atoms with van der Waals surface area (Å²) in [5.41, 5.74) is 0. The van der Waals surface area contributed by atoms with Crippen LogP contribution < -0.4 is 24.6 Å². The van der Waals surface area contributed by atoms with Crippen LogP contribution in [-0.4, -0.2) is 10.4 Å². The molecule has 0 aromatic carbocycles. The summed E-state index contributed by atoms with van der Waals surface area (Å²) in [7, 11) is 0. The van der Waals surface area contributed by atoms with E-state index in [0.717, 1.165) is 0 Å². The predicted molar refractivity (Wildman–Crippen MR) is 35.3 cm³/mol. The zero-order valence-corrected chi connectivity index (χ0v) is 8.02. The van der Waals surface area contributed by atoms with Crippen molar-refractivity contribution in [3.05, 3.63) is 9.81 Å². The van der Waals surface area contributed by atoms with Crippen LogP contribution in [0.4, 0.5) is 0 Å². The average molecular weight is 357 g/mol. The second-order valence-corrected chi connectivity index (χ2v) is 0.163. The Morgan fingerprint density at radius 1 is 0.727 bits per heavy atom. The van der Waals surface area contributed by atoms with Gasteiger partial charge in [-0.1, -0.05) is 0 Å². The smallest absolute Gasteiger partial charge is 0.152 e. The summed E-state index contributed by atoms with van der Waals surface area (Å²) in [6.07, 6.45) is 0. The first-order chi connectivity index (χ1) is 2.83. The van der Waals surface area contributed by atoms with Crippen molar-refractivity contribution in [2.75, 3.05) is 0 Å². The van der Waals surface area contributed by atoms with Crippen LogP contribution in [0.25, 0.3) is 0 Å². The predicted octanol–water partition coefficient (Wildman–Crippen LogP) is 0.929. The fourth-order valence-electron chi connectivity index (χ4n) is 0. The normalized spacial score (nSPS) is 2.18. The second kappa shape index (κ2) is 367. The van der Waals surface area contributed by atoms with Gasteiger partial charge < -0.3 is 35.0 Å². The van der Waals surface area contributed by atoms with E-state index in [1.54, 1.807) is 0 Å². The first kappa shape index (κ1) is 81.1. The molecule has 0 amide bonds. The number of nitrogens with zero attached hydrogens (tertiary/aromatic N) is 2. The quantitative estimate of drug-likeness (QED) is 0.268. The zero-order valence-electron chi connectivity index (χ0n) is 5.75. The number of rotatable bonds is 0. The van der Waals surface area contributed by atoms with Gasteiger partial charge in [0.25, 0.3) is 0 Å². The van der Waals surface area contributed by atoms with Crippen molar-refractivity contribution in [2.45, 2.75) is 0 Å². The van der Waals surface area contributed by atoms with E-state index in [4.69, 9.17) is 20.2 Å². The summed E-state index contributed by atoms with van der Waals surface area (Å²) in [6, 6.07) is 0. The van der Waals surface area contributed by atoms with E-state index >= 15 is 0 Å².